The van der Waals surface area contributed by atoms with Crippen LogP contribution in [0.1, 0.15) is 24.3 Å². The second-order valence-corrected chi connectivity index (χ2v) is 7.61. The molecule has 0 saturated heterocycles. The van der Waals surface area contributed by atoms with Crippen LogP contribution < -0.4 is 5.49 Å². The predicted molar refractivity (Wildman–Crippen MR) is 88.0 cm³/mol. The number of rotatable bonds is 3. The van der Waals surface area contributed by atoms with Crippen molar-refractivity contribution in [1.29, 1.82) is 5.41 Å². The summed E-state index contributed by atoms with van der Waals surface area (Å²) in [5, 5.41) is 10.5. The number of nitrogens with one attached hydrogen (secondary N) is 1. The number of hydrogen-bond donors (Lipinski definition) is 1. The van der Waals surface area contributed by atoms with E-state index in [9.17, 15) is 0 Å². The highest BCUT2D eigenvalue weighted by Crippen LogP contribution is 2.37. The van der Waals surface area contributed by atoms with Gasteiger partial charge in [-0.1, -0.05) is 17.8 Å². The summed E-state index contributed by atoms with van der Waals surface area (Å²) >= 11 is 3.23. The van der Waals surface area contributed by atoms with Gasteiger partial charge in [-0.15, -0.1) is 17.9 Å². The highest BCUT2D eigenvalue weighted by atomic mass is 32.2. The van der Waals surface area contributed by atoms with Gasteiger partial charge < -0.3 is 9.30 Å². The molecule has 4 nitrogen and oxygen atoms in total. The SMILES string of the molecule is C=CCn1c(SC)nc2sc3c(c2c1=N)CC(C)(C)OC3. The zero-order chi connectivity index (χ0) is 15.2. The van der Waals surface area contributed by atoms with Gasteiger partial charge in [0.05, 0.1) is 17.6 Å². The van der Waals surface area contributed by atoms with Crippen molar-refractivity contribution in [2.75, 3.05) is 6.26 Å². The first kappa shape index (κ1) is 14.8. The molecule has 0 fully saturated rings. The van der Waals surface area contributed by atoms with Crippen molar-refractivity contribution in [2.24, 2.45) is 0 Å². The van der Waals surface area contributed by atoms with Gasteiger partial charge in [0, 0.05) is 17.8 Å². The Balaban J connectivity index is 2.30. The molecule has 6 heteroatoms. The minimum absolute atomic E-state index is 0.172. The maximum atomic E-state index is 8.60. The Morgan fingerprint density at radius 1 is 1.57 bits per heavy atom. The lowest BCUT2D eigenvalue weighted by molar-refractivity contribution is -0.0379. The number of aromatic nitrogens is 2. The summed E-state index contributed by atoms with van der Waals surface area (Å²) in [6.45, 7) is 9.23. The molecule has 0 amide bonds. The number of fused-ring (bicyclic) bond motifs is 3. The summed E-state index contributed by atoms with van der Waals surface area (Å²) in [5.74, 6) is 0. The molecule has 1 aliphatic rings. The van der Waals surface area contributed by atoms with E-state index >= 15 is 0 Å². The summed E-state index contributed by atoms with van der Waals surface area (Å²) < 4.78 is 7.81. The predicted octanol–water partition coefficient (Wildman–Crippen LogP) is 3.34. The fourth-order valence-corrected chi connectivity index (χ4v) is 4.42. The van der Waals surface area contributed by atoms with Crippen LogP contribution in [0, 0.1) is 5.41 Å². The van der Waals surface area contributed by atoms with Crippen molar-refractivity contribution in [1.82, 2.24) is 9.55 Å². The standard InChI is InChI=1S/C15H19N3OS2/c1-5-6-18-12(16)11-9-7-15(2,3)19-8-10(9)21-13(11)17-14(18)20-4/h5,16H,1,6-8H2,2-4H3. The van der Waals surface area contributed by atoms with E-state index in [-0.39, 0.29) is 5.60 Å². The zero-order valence-corrected chi connectivity index (χ0v) is 14.2. The van der Waals surface area contributed by atoms with Crippen molar-refractivity contribution < 1.29 is 4.74 Å². The number of thioether (sulfide) groups is 1. The second kappa shape index (κ2) is 5.26. The number of thiophene rings is 1. The van der Waals surface area contributed by atoms with Crippen molar-refractivity contribution in [2.45, 2.75) is 44.2 Å². The van der Waals surface area contributed by atoms with Crippen LogP contribution in [0.15, 0.2) is 17.8 Å². The van der Waals surface area contributed by atoms with E-state index in [0.29, 0.717) is 18.6 Å². The van der Waals surface area contributed by atoms with Gasteiger partial charge in [0.2, 0.25) is 0 Å². The molecule has 0 aromatic carbocycles. The van der Waals surface area contributed by atoms with Gasteiger partial charge in [-0.3, -0.25) is 5.41 Å². The average Bonchev–Trinajstić information content (AvgIpc) is 2.78. The third-order valence-electron chi connectivity index (χ3n) is 3.70. The molecule has 3 heterocycles. The van der Waals surface area contributed by atoms with E-state index in [1.165, 1.54) is 10.4 Å². The zero-order valence-electron chi connectivity index (χ0n) is 12.5. The number of hydrogen-bond acceptors (Lipinski definition) is 5. The molecule has 0 aliphatic carbocycles. The minimum atomic E-state index is -0.172. The molecular formula is C15H19N3OS2. The molecular weight excluding hydrogens is 302 g/mol. The highest BCUT2D eigenvalue weighted by molar-refractivity contribution is 7.98. The van der Waals surface area contributed by atoms with Crippen molar-refractivity contribution >= 4 is 33.3 Å². The normalized spacial score (nSPS) is 16.9. The van der Waals surface area contributed by atoms with Crippen LogP contribution in [0.4, 0.5) is 0 Å². The lowest BCUT2D eigenvalue weighted by atomic mass is 9.94. The molecule has 0 atom stereocenters. The lowest BCUT2D eigenvalue weighted by Crippen LogP contribution is -2.32. The monoisotopic (exact) mass is 321 g/mol. The summed E-state index contributed by atoms with van der Waals surface area (Å²) in [4.78, 5) is 6.92. The maximum absolute atomic E-state index is 8.60. The van der Waals surface area contributed by atoms with Crippen LogP contribution in [0.25, 0.3) is 10.2 Å². The second-order valence-electron chi connectivity index (χ2n) is 5.76. The van der Waals surface area contributed by atoms with Crippen molar-refractivity contribution in [3.05, 3.63) is 28.6 Å². The van der Waals surface area contributed by atoms with Gasteiger partial charge in [0.25, 0.3) is 0 Å². The molecule has 112 valence electrons. The molecule has 21 heavy (non-hydrogen) atoms. The number of allylic oxidation sites excluding steroid dienone is 1. The quantitative estimate of drug-likeness (QED) is 0.536. The molecule has 0 saturated carbocycles. The Kier molecular flexibility index (Phi) is 3.71. The molecule has 1 aliphatic heterocycles. The average molecular weight is 321 g/mol. The Hall–Kier alpha value is -1.11. The third kappa shape index (κ3) is 2.45. The highest BCUT2D eigenvalue weighted by Gasteiger charge is 2.30. The van der Waals surface area contributed by atoms with Gasteiger partial charge >= 0.3 is 0 Å². The first-order valence-corrected chi connectivity index (χ1v) is 8.89. The van der Waals surface area contributed by atoms with Crippen LogP contribution in [0.5, 0.6) is 0 Å². The Morgan fingerprint density at radius 2 is 2.33 bits per heavy atom. The molecule has 2 aromatic heterocycles. The minimum Gasteiger partial charge on any atom is -0.370 e. The van der Waals surface area contributed by atoms with Crippen LogP contribution >= 0.6 is 23.1 Å². The molecule has 1 N–H and O–H groups in total. The van der Waals surface area contributed by atoms with E-state index in [2.05, 4.69) is 20.4 Å². The maximum Gasteiger partial charge on any atom is 0.170 e. The number of nitrogens with zero attached hydrogens (tertiary/aromatic N) is 2. The van der Waals surface area contributed by atoms with Gasteiger partial charge in [-0.05, 0) is 25.7 Å². The summed E-state index contributed by atoms with van der Waals surface area (Å²) in [6, 6.07) is 0. The van der Waals surface area contributed by atoms with Gasteiger partial charge in [0.1, 0.15) is 10.3 Å². The fourth-order valence-electron chi connectivity index (χ4n) is 2.69. The Morgan fingerprint density at radius 3 is 3.00 bits per heavy atom. The summed E-state index contributed by atoms with van der Waals surface area (Å²) in [5.41, 5.74) is 1.61. The number of ether oxygens (including phenoxy) is 1. The Labute approximate surface area is 132 Å². The van der Waals surface area contributed by atoms with Crippen LogP contribution in [0.3, 0.4) is 0 Å². The summed E-state index contributed by atoms with van der Waals surface area (Å²) in [6.07, 6.45) is 4.65. The fraction of sp³-hybridized carbons (Fsp3) is 0.467. The molecule has 0 spiro atoms. The first-order valence-electron chi connectivity index (χ1n) is 6.85. The van der Waals surface area contributed by atoms with Crippen LogP contribution in [-0.4, -0.2) is 21.4 Å². The molecule has 0 radical (unpaired) electrons. The van der Waals surface area contributed by atoms with Crippen LogP contribution in [-0.2, 0) is 24.3 Å². The molecule has 0 bridgehead atoms. The molecule has 3 rings (SSSR count). The Bertz CT molecular complexity index is 773. The molecule has 0 unspecified atom stereocenters. The topological polar surface area (TPSA) is 50.9 Å². The van der Waals surface area contributed by atoms with Crippen molar-refractivity contribution in [3.63, 3.8) is 0 Å². The lowest BCUT2D eigenvalue weighted by Gasteiger charge is -2.30. The van der Waals surface area contributed by atoms with Gasteiger partial charge in [0.15, 0.2) is 5.16 Å². The first-order chi connectivity index (χ1) is 9.96. The van der Waals surface area contributed by atoms with E-state index < -0.39 is 0 Å². The van der Waals surface area contributed by atoms with Gasteiger partial charge in [-0.2, -0.15) is 0 Å². The van der Waals surface area contributed by atoms with E-state index in [4.69, 9.17) is 15.1 Å². The molecule has 2 aromatic rings. The third-order valence-corrected chi connectivity index (χ3v) is 5.47. The van der Waals surface area contributed by atoms with Gasteiger partial charge in [-0.25, -0.2) is 4.98 Å². The smallest absolute Gasteiger partial charge is 0.170 e. The van der Waals surface area contributed by atoms with Crippen molar-refractivity contribution in [3.8, 4) is 0 Å². The largest absolute Gasteiger partial charge is 0.370 e. The van der Waals surface area contributed by atoms with E-state index in [1.807, 2.05) is 16.9 Å². The van der Waals surface area contributed by atoms with E-state index in [1.54, 1.807) is 23.1 Å². The summed E-state index contributed by atoms with van der Waals surface area (Å²) in [7, 11) is 0. The van der Waals surface area contributed by atoms with E-state index in [0.717, 1.165) is 21.8 Å². The van der Waals surface area contributed by atoms with Crippen LogP contribution in [0.2, 0.25) is 0 Å².